The van der Waals surface area contributed by atoms with Crippen LogP contribution in [0.4, 0.5) is 0 Å². The highest BCUT2D eigenvalue weighted by Gasteiger charge is 2.19. The van der Waals surface area contributed by atoms with Gasteiger partial charge in [0, 0.05) is 19.3 Å². The van der Waals surface area contributed by atoms with Crippen LogP contribution in [0.25, 0.3) is 0 Å². The summed E-state index contributed by atoms with van der Waals surface area (Å²) in [5.74, 6) is 0.744. The predicted molar refractivity (Wildman–Crippen MR) is 224 cm³/mol. The Morgan fingerprint density at radius 2 is 0.623 bits per heavy atom. The molecule has 0 spiro atoms. The number of carbonyl (C=O) groups excluding carboxylic acids is 3. The number of carbonyl (C=O) groups is 3. The minimum atomic E-state index is -0.760. The molecule has 0 saturated carbocycles. The molecule has 314 valence electrons. The Kier molecular flexibility index (Phi) is 38.9. The van der Waals surface area contributed by atoms with Gasteiger partial charge in [-0.3, -0.25) is 14.4 Å². The fourth-order valence-electron chi connectivity index (χ4n) is 6.93. The maximum atomic E-state index is 12.7. The van der Waals surface area contributed by atoms with Crippen LogP contribution in [0.3, 0.4) is 0 Å². The van der Waals surface area contributed by atoms with E-state index in [1.54, 1.807) is 0 Å². The van der Waals surface area contributed by atoms with E-state index in [0.717, 1.165) is 69.6 Å². The first kappa shape index (κ1) is 51.4. The van der Waals surface area contributed by atoms with Crippen LogP contribution < -0.4 is 0 Å². The Labute approximate surface area is 329 Å². The smallest absolute Gasteiger partial charge is 0.306 e. The third-order valence-electron chi connectivity index (χ3n) is 10.5. The topological polar surface area (TPSA) is 78.9 Å². The fraction of sp³-hybridized carbons (Fsp3) is 0.936. The van der Waals surface area contributed by atoms with Gasteiger partial charge < -0.3 is 14.2 Å². The first-order chi connectivity index (χ1) is 25.7. The molecular weight excluding hydrogens is 661 g/mol. The molecule has 0 amide bonds. The van der Waals surface area contributed by atoms with Crippen molar-refractivity contribution in [1.29, 1.82) is 0 Å². The molecule has 0 rings (SSSR count). The molecule has 0 radical (unpaired) electrons. The number of unbranched alkanes of at least 4 members (excludes halogenated alkanes) is 26. The zero-order valence-corrected chi connectivity index (χ0v) is 36.1. The van der Waals surface area contributed by atoms with Crippen LogP contribution in [0.2, 0.25) is 0 Å². The Balaban J connectivity index is 4.26. The van der Waals surface area contributed by atoms with Crippen LogP contribution in [0.5, 0.6) is 0 Å². The van der Waals surface area contributed by atoms with Crippen molar-refractivity contribution in [3.8, 4) is 0 Å². The summed E-state index contributed by atoms with van der Waals surface area (Å²) in [4.78, 5) is 37.6. The Morgan fingerprint density at radius 3 is 0.925 bits per heavy atom. The standard InChI is InChI=1S/C47H90O6/c1-6-7-8-9-10-17-21-27-32-37-45(48)51-40-44(41-52-46(49)38-33-28-24-23-26-31-36-43(4)5)53-47(50)39-34-29-22-19-16-14-12-11-13-15-18-20-25-30-35-42(2)3/h42-44H,6-41H2,1-5H3/t44-/m1/s1. The van der Waals surface area contributed by atoms with E-state index >= 15 is 0 Å². The van der Waals surface area contributed by atoms with Crippen molar-refractivity contribution in [2.75, 3.05) is 13.2 Å². The van der Waals surface area contributed by atoms with Gasteiger partial charge >= 0.3 is 17.9 Å². The summed E-state index contributed by atoms with van der Waals surface area (Å²) < 4.78 is 16.7. The van der Waals surface area contributed by atoms with Gasteiger partial charge in [-0.05, 0) is 31.1 Å². The van der Waals surface area contributed by atoms with Crippen molar-refractivity contribution >= 4 is 17.9 Å². The van der Waals surface area contributed by atoms with Gasteiger partial charge in [0.2, 0.25) is 0 Å². The second-order valence-corrected chi connectivity index (χ2v) is 17.0. The minimum absolute atomic E-state index is 0.0655. The Hall–Kier alpha value is -1.59. The summed E-state index contributed by atoms with van der Waals surface area (Å²) in [5.41, 5.74) is 0. The molecule has 0 aromatic rings. The van der Waals surface area contributed by atoms with E-state index in [0.29, 0.717) is 19.3 Å². The zero-order valence-electron chi connectivity index (χ0n) is 36.1. The minimum Gasteiger partial charge on any atom is -0.462 e. The largest absolute Gasteiger partial charge is 0.462 e. The molecular formula is C47H90O6. The number of esters is 3. The maximum absolute atomic E-state index is 12.7. The SMILES string of the molecule is CCCCCCCCCCCC(=O)OC[C@H](COC(=O)CCCCCCCCC(C)C)OC(=O)CCCCCCCCCCCCCCCCC(C)C. The van der Waals surface area contributed by atoms with Crippen molar-refractivity contribution in [2.24, 2.45) is 11.8 Å². The molecule has 0 bridgehead atoms. The molecule has 0 aliphatic heterocycles. The predicted octanol–water partition coefficient (Wildman–Crippen LogP) is 14.6. The number of hydrogen-bond donors (Lipinski definition) is 0. The lowest BCUT2D eigenvalue weighted by Gasteiger charge is -2.18. The number of rotatable bonds is 41. The van der Waals surface area contributed by atoms with Crippen molar-refractivity contribution < 1.29 is 28.6 Å². The molecule has 0 aromatic heterocycles. The summed E-state index contributed by atoms with van der Waals surface area (Å²) in [5, 5.41) is 0. The third kappa shape index (κ3) is 41.4. The summed E-state index contributed by atoms with van der Waals surface area (Å²) >= 11 is 0. The summed E-state index contributed by atoms with van der Waals surface area (Å²) in [6.45, 7) is 11.3. The van der Waals surface area contributed by atoms with Crippen LogP contribution in [-0.4, -0.2) is 37.2 Å². The van der Waals surface area contributed by atoms with Gasteiger partial charge in [-0.2, -0.15) is 0 Å². The molecule has 0 saturated heterocycles. The molecule has 1 atom stereocenters. The second-order valence-electron chi connectivity index (χ2n) is 17.0. The summed E-state index contributed by atoms with van der Waals surface area (Å²) in [6.07, 6.45) is 38.2. The molecule has 0 aliphatic rings. The fourth-order valence-corrected chi connectivity index (χ4v) is 6.93. The third-order valence-corrected chi connectivity index (χ3v) is 10.5. The lowest BCUT2D eigenvalue weighted by molar-refractivity contribution is -0.167. The van der Waals surface area contributed by atoms with Gasteiger partial charge in [-0.1, -0.05) is 214 Å². The maximum Gasteiger partial charge on any atom is 0.306 e. The zero-order chi connectivity index (χ0) is 39.0. The van der Waals surface area contributed by atoms with Crippen LogP contribution in [0, 0.1) is 11.8 Å². The van der Waals surface area contributed by atoms with E-state index in [1.165, 1.54) is 141 Å². The van der Waals surface area contributed by atoms with Crippen molar-refractivity contribution in [2.45, 2.75) is 259 Å². The van der Waals surface area contributed by atoms with Gasteiger partial charge in [0.1, 0.15) is 13.2 Å². The average molecular weight is 751 g/mol. The van der Waals surface area contributed by atoms with Crippen molar-refractivity contribution in [1.82, 2.24) is 0 Å². The van der Waals surface area contributed by atoms with Gasteiger partial charge in [-0.25, -0.2) is 0 Å². The van der Waals surface area contributed by atoms with Crippen LogP contribution in [0.15, 0.2) is 0 Å². The lowest BCUT2D eigenvalue weighted by Crippen LogP contribution is -2.30. The quantitative estimate of drug-likeness (QED) is 0.0352. The molecule has 0 N–H and O–H groups in total. The normalized spacial score (nSPS) is 12.1. The lowest BCUT2D eigenvalue weighted by atomic mass is 10.0. The van der Waals surface area contributed by atoms with E-state index in [9.17, 15) is 14.4 Å². The highest BCUT2D eigenvalue weighted by atomic mass is 16.6. The van der Waals surface area contributed by atoms with E-state index in [4.69, 9.17) is 14.2 Å². The first-order valence-electron chi connectivity index (χ1n) is 23.2. The highest BCUT2D eigenvalue weighted by molar-refractivity contribution is 5.71. The van der Waals surface area contributed by atoms with Gasteiger partial charge in [0.05, 0.1) is 0 Å². The van der Waals surface area contributed by atoms with E-state index in [1.807, 2.05) is 0 Å². The molecule has 0 aromatic carbocycles. The first-order valence-corrected chi connectivity index (χ1v) is 23.2. The number of hydrogen-bond acceptors (Lipinski definition) is 6. The van der Waals surface area contributed by atoms with E-state index in [2.05, 4.69) is 34.6 Å². The monoisotopic (exact) mass is 751 g/mol. The van der Waals surface area contributed by atoms with Crippen molar-refractivity contribution in [3.63, 3.8) is 0 Å². The molecule has 6 nitrogen and oxygen atoms in total. The highest BCUT2D eigenvalue weighted by Crippen LogP contribution is 2.16. The van der Waals surface area contributed by atoms with Gasteiger partial charge in [0.15, 0.2) is 6.10 Å². The second kappa shape index (κ2) is 40.1. The molecule has 0 heterocycles. The summed E-state index contributed by atoms with van der Waals surface area (Å²) in [6, 6.07) is 0. The van der Waals surface area contributed by atoms with Gasteiger partial charge in [-0.15, -0.1) is 0 Å². The van der Waals surface area contributed by atoms with E-state index < -0.39 is 6.10 Å². The molecule has 6 heteroatoms. The van der Waals surface area contributed by atoms with Gasteiger partial charge in [0.25, 0.3) is 0 Å². The molecule has 0 fully saturated rings. The number of ether oxygens (including phenoxy) is 3. The molecule has 0 unspecified atom stereocenters. The van der Waals surface area contributed by atoms with E-state index in [-0.39, 0.29) is 31.1 Å². The summed E-state index contributed by atoms with van der Waals surface area (Å²) in [7, 11) is 0. The average Bonchev–Trinajstić information content (AvgIpc) is 3.12. The van der Waals surface area contributed by atoms with Crippen LogP contribution in [-0.2, 0) is 28.6 Å². The van der Waals surface area contributed by atoms with Crippen molar-refractivity contribution in [3.05, 3.63) is 0 Å². The Bertz CT molecular complexity index is 809. The Morgan fingerprint density at radius 1 is 0.358 bits per heavy atom. The molecule has 53 heavy (non-hydrogen) atoms. The molecule has 0 aliphatic carbocycles. The van der Waals surface area contributed by atoms with Crippen LogP contribution in [0.1, 0.15) is 253 Å². The van der Waals surface area contributed by atoms with Crippen LogP contribution >= 0.6 is 0 Å².